The third-order valence-electron chi connectivity index (χ3n) is 3.13. The van der Waals surface area contributed by atoms with Gasteiger partial charge in [-0.3, -0.25) is 4.68 Å². The average Bonchev–Trinajstić information content (AvgIpc) is 2.85. The zero-order chi connectivity index (χ0) is 14.5. The van der Waals surface area contributed by atoms with Crippen molar-refractivity contribution in [1.29, 1.82) is 5.26 Å². The molecule has 5 heteroatoms. The van der Waals surface area contributed by atoms with Gasteiger partial charge in [0.25, 0.3) is 0 Å². The summed E-state index contributed by atoms with van der Waals surface area (Å²) in [6.07, 6.45) is 2.92. The number of aromatic nitrogens is 2. The summed E-state index contributed by atoms with van der Waals surface area (Å²) >= 11 is 0. The Balaban J connectivity index is 2.16. The number of anilines is 1. The van der Waals surface area contributed by atoms with Crippen LogP contribution in [-0.2, 0) is 20.0 Å². The van der Waals surface area contributed by atoms with Crippen LogP contribution < -0.4 is 10.1 Å². The van der Waals surface area contributed by atoms with Gasteiger partial charge >= 0.3 is 0 Å². The van der Waals surface area contributed by atoms with E-state index in [-0.39, 0.29) is 0 Å². The summed E-state index contributed by atoms with van der Waals surface area (Å²) in [6.45, 7) is 2.77. The van der Waals surface area contributed by atoms with Crippen LogP contribution in [0.5, 0.6) is 5.75 Å². The monoisotopic (exact) mass is 270 g/mol. The van der Waals surface area contributed by atoms with Crippen LogP contribution in [0, 0.1) is 11.3 Å². The molecule has 1 aromatic heterocycles. The largest absolute Gasteiger partial charge is 0.495 e. The van der Waals surface area contributed by atoms with Crippen LogP contribution in [0.4, 0.5) is 5.69 Å². The summed E-state index contributed by atoms with van der Waals surface area (Å²) in [4.78, 5) is 0. The van der Waals surface area contributed by atoms with E-state index >= 15 is 0 Å². The van der Waals surface area contributed by atoms with Gasteiger partial charge in [-0.15, -0.1) is 0 Å². The van der Waals surface area contributed by atoms with Gasteiger partial charge < -0.3 is 10.1 Å². The summed E-state index contributed by atoms with van der Waals surface area (Å²) in [5.74, 6) is 0.672. The number of rotatable bonds is 5. The molecule has 0 aliphatic carbocycles. The molecule has 0 radical (unpaired) electrons. The number of benzene rings is 1. The van der Waals surface area contributed by atoms with E-state index in [4.69, 9.17) is 10.00 Å². The Morgan fingerprint density at radius 3 is 2.90 bits per heavy atom. The van der Waals surface area contributed by atoms with Gasteiger partial charge in [0.15, 0.2) is 0 Å². The van der Waals surface area contributed by atoms with Crippen LogP contribution in [0.15, 0.2) is 24.4 Å². The SMILES string of the molecule is CCc1nn(C)cc1CNc1ccc(C#N)cc1OC. The normalized spacial score (nSPS) is 10.1. The lowest BCUT2D eigenvalue weighted by molar-refractivity contribution is 0.416. The molecule has 2 aromatic rings. The molecule has 0 saturated heterocycles. The van der Waals surface area contributed by atoms with Crippen molar-refractivity contribution < 1.29 is 4.74 Å². The van der Waals surface area contributed by atoms with Gasteiger partial charge in [0, 0.05) is 31.4 Å². The molecule has 0 saturated carbocycles. The first-order valence-electron chi connectivity index (χ1n) is 6.51. The molecule has 0 fully saturated rings. The van der Waals surface area contributed by atoms with E-state index in [2.05, 4.69) is 23.4 Å². The second kappa shape index (κ2) is 6.11. The Morgan fingerprint density at radius 1 is 1.45 bits per heavy atom. The Hall–Kier alpha value is -2.48. The quantitative estimate of drug-likeness (QED) is 0.906. The van der Waals surface area contributed by atoms with Crippen molar-refractivity contribution in [2.24, 2.45) is 7.05 Å². The van der Waals surface area contributed by atoms with Gasteiger partial charge in [0.1, 0.15) is 5.75 Å². The molecular weight excluding hydrogens is 252 g/mol. The number of hydrogen-bond donors (Lipinski definition) is 1. The fourth-order valence-electron chi connectivity index (χ4n) is 2.13. The highest BCUT2D eigenvalue weighted by Gasteiger charge is 2.08. The number of nitrogens with one attached hydrogen (secondary N) is 1. The molecule has 0 aliphatic heterocycles. The van der Waals surface area contributed by atoms with Crippen molar-refractivity contribution in [3.63, 3.8) is 0 Å². The zero-order valence-electron chi connectivity index (χ0n) is 12.0. The van der Waals surface area contributed by atoms with Gasteiger partial charge in [-0.05, 0) is 18.6 Å². The molecule has 0 amide bonds. The minimum absolute atomic E-state index is 0.586. The molecule has 5 nitrogen and oxygen atoms in total. The summed E-state index contributed by atoms with van der Waals surface area (Å²) in [5.41, 5.74) is 3.72. The van der Waals surface area contributed by atoms with Gasteiger partial charge in [-0.1, -0.05) is 6.92 Å². The third kappa shape index (κ3) is 2.91. The first kappa shape index (κ1) is 13.9. The minimum Gasteiger partial charge on any atom is -0.495 e. The van der Waals surface area contributed by atoms with E-state index in [1.807, 2.05) is 24.0 Å². The number of aryl methyl sites for hydroxylation is 2. The Bertz CT molecular complexity index is 640. The van der Waals surface area contributed by atoms with Crippen molar-refractivity contribution in [3.05, 3.63) is 41.2 Å². The van der Waals surface area contributed by atoms with Crippen LogP contribution in [0.25, 0.3) is 0 Å². The summed E-state index contributed by atoms with van der Waals surface area (Å²) in [7, 11) is 3.52. The number of hydrogen-bond acceptors (Lipinski definition) is 4. The van der Waals surface area contributed by atoms with Crippen LogP contribution in [0.3, 0.4) is 0 Å². The van der Waals surface area contributed by atoms with Crippen LogP contribution in [-0.4, -0.2) is 16.9 Å². The highest BCUT2D eigenvalue weighted by molar-refractivity contribution is 5.59. The maximum absolute atomic E-state index is 8.89. The molecule has 1 heterocycles. The number of nitrogens with zero attached hydrogens (tertiary/aromatic N) is 3. The van der Waals surface area contributed by atoms with Crippen molar-refractivity contribution in [2.45, 2.75) is 19.9 Å². The molecule has 0 unspecified atom stereocenters. The predicted octanol–water partition coefficient (Wildman–Crippen LogP) is 2.47. The van der Waals surface area contributed by atoms with Gasteiger partial charge in [0.2, 0.25) is 0 Å². The fourth-order valence-corrected chi connectivity index (χ4v) is 2.13. The molecule has 0 spiro atoms. The van der Waals surface area contributed by atoms with E-state index < -0.39 is 0 Å². The van der Waals surface area contributed by atoms with E-state index in [1.54, 1.807) is 19.2 Å². The Morgan fingerprint density at radius 2 is 2.25 bits per heavy atom. The molecule has 1 aromatic carbocycles. The van der Waals surface area contributed by atoms with Crippen molar-refractivity contribution >= 4 is 5.69 Å². The van der Waals surface area contributed by atoms with Gasteiger partial charge in [0.05, 0.1) is 30.1 Å². The molecule has 20 heavy (non-hydrogen) atoms. The highest BCUT2D eigenvalue weighted by Crippen LogP contribution is 2.26. The van der Waals surface area contributed by atoms with E-state index in [1.165, 1.54) is 5.56 Å². The predicted molar refractivity (Wildman–Crippen MR) is 77.6 cm³/mol. The lowest BCUT2D eigenvalue weighted by atomic mass is 10.2. The maximum Gasteiger partial charge on any atom is 0.143 e. The summed E-state index contributed by atoms with van der Waals surface area (Å²) in [6, 6.07) is 7.46. The lowest BCUT2D eigenvalue weighted by Gasteiger charge is -2.11. The van der Waals surface area contributed by atoms with E-state index in [0.717, 1.165) is 17.8 Å². The second-order valence-electron chi connectivity index (χ2n) is 4.51. The first-order chi connectivity index (χ1) is 9.67. The molecule has 0 atom stereocenters. The number of methoxy groups -OCH3 is 1. The van der Waals surface area contributed by atoms with Gasteiger partial charge in [-0.25, -0.2) is 0 Å². The Kier molecular flexibility index (Phi) is 4.26. The smallest absolute Gasteiger partial charge is 0.143 e. The molecule has 0 aliphatic rings. The standard InChI is InChI=1S/C15H18N4O/c1-4-13-12(10-19(2)18-13)9-17-14-6-5-11(8-16)7-15(14)20-3/h5-7,10,17H,4,9H2,1-3H3. The van der Waals surface area contributed by atoms with Crippen LogP contribution in [0.1, 0.15) is 23.7 Å². The topological polar surface area (TPSA) is 62.9 Å². The fraction of sp³-hybridized carbons (Fsp3) is 0.333. The summed E-state index contributed by atoms with van der Waals surface area (Å²) in [5, 5.41) is 16.6. The molecule has 1 N–H and O–H groups in total. The molecule has 104 valence electrons. The highest BCUT2D eigenvalue weighted by atomic mass is 16.5. The lowest BCUT2D eigenvalue weighted by Crippen LogP contribution is -2.03. The van der Waals surface area contributed by atoms with E-state index in [0.29, 0.717) is 17.9 Å². The Labute approximate surface area is 118 Å². The van der Waals surface area contributed by atoms with Gasteiger partial charge in [-0.2, -0.15) is 10.4 Å². The zero-order valence-corrected chi connectivity index (χ0v) is 12.0. The maximum atomic E-state index is 8.89. The van der Waals surface area contributed by atoms with Crippen molar-refractivity contribution in [2.75, 3.05) is 12.4 Å². The molecule has 2 rings (SSSR count). The number of nitriles is 1. The summed E-state index contributed by atoms with van der Waals surface area (Å²) < 4.78 is 7.13. The second-order valence-corrected chi connectivity index (χ2v) is 4.51. The van der Waals surface area contributed by atoms with Crippen molar-refractivity contribution in [3.8, 4) is 11.8 Å². The molecule has 0 bridgehead atoms. The average molecular weight is 270 g/mol. The van der Waals surface area contributed by atoms with Crippen molar-refractivity contribution in [1.82, 2.24) is 9.78 Å². The van der Waals surface area contributed by atoms with Crippen LogP contribution >= 0.6 is 0 Å². The first-order valence-corrected chi connectivity index (χ1v) is 6.51. The number of ether oxygens (including phenoxy) is 1. The minimum atomic E-state index is 0.586. The van der Waals surface area contributed by atoms with E-state index in [9.17, 15) is 0 Å². The third-order valence-corrected chi connectivity index (χ3v) is 3.13. The molecular formula is C15H18N4O. The van der Waals surface area contributed by atoms with Crippen LogP contribution in [0.2, 0.25) is 0 Å².